The van der Waals surface area contributed by atoms with Crippen LogP contribution in [0, 0.1) is 0 Å². The highest BCUT2D eigenvalue weighted by molar-refractivity contribution is 7.49. The third-order valence-corrected chi connectivity index (χ3v) is 14.2. The minimum absolute atomic E-state index is 0.570. The van der Waals surface area contributed by atoms with Crippen LogP contribution in [0.4, 0.5) is 0 Å². The maximum absolute atomic E-state index is 7.80. The molecule has 2 aliphatic rings. The lowest BCUT2D eigenvalue weighted by atomic mass is 9.72. The standard InChI is InChI=1S/C30H22Cl2Si/c31-33(32)29(25-17-9-3-10-18-25)21-22-30(33,26-19-11-4-12-20-26)28(24-15-7-2-8-16-24)27(29)23-13-5-1-6-14-23/h1-22H. The van der Waals surface area contributed by atoms with Crippen molar-refractivity contribution < 1.29 is 0 Å². The number of hydrogen-bond donors (Lipinski definition) is 0. The molecule has 0 N–H and O–H groups in total. The van der Waals surface area contributed by atoms with Gasteiger partial charge in [-0.25, -0.2) is 0 Å². The fourth-order valence-corrected chi connectivity index (χ4v) is 12.5. The summed E-state index contributed by atoms with van der Waals surface area (Å²) < 4.78 is 0. The van der Waals surface area contributed by atoms with Crippen molar-refractivity contribution >= 4 is 40.0 Å². The number of hydrogen-bond acceptors (Lipinski definition) is 0. The average molecular weight is 481 g/mol. The van der Waals surface area contributed by atoms with E-state index in [2.05, 4.69) is 121 Å². The lowest BCUT2D eigenvalue weighted by Gasteiger charge is -2.39. The Morgan fingerprint density at radius 3 is 1.06 bits per heavy atom. The van der Waals surface area contributed by atoms with Crippen LogP contribution in [0.15, 0.2) is 133 Å². The zero-order chi connectivity index (χ0) is 22.5. The topological polar surface area (TPSA) is 0 Å². The SMILES string of the molecule is Cl[Si]1(Cl)C2(c3ccccc3)C=CC1(c1ccccc1)C(c1ccccc1)=C2c1ccccc1. The molecule has 0 aliphatic carbocycles. The summed E-state index contributed by atoms with van der Waals surface area (Å²) in [4.78, 5) is 0. The van der Waals surface area contributed by atoms with Gasteiger partial charge in [0.25, 0.3) is 6.69 Å². The van der Waals surface area contributed by atoms with Gasteiger partial charge in [-0.1, -0.05) is 133 Å². The Kier molecular flexibility index (Phi) is 4.78. The van der Waals surface area contributed by atoms with Crippen molar-refractivity contribution in [1.82, 2.24) is 0 Å². The fraction of sp³-hybridized carbons (Fsp3) is 0.0667. The lowest BCUT2D eigenvalue weighted by molar-refractivity contribution is 0.985. The Balaban J connectivity index is 1.81. The van der Waals surface area contributed by atoms with Crippen LogP contribution in [0.25, 0.3) is 11.1 Å². The van der Waals surface area contributed by atoms with E-state index in [0.717, 1.165) is 11.1 Å². The highest BCUT2D eigenvalue weighted by Crippen LogP contribution is 2.73. The molecule has 2 aliphatic heterocycles. The Bertz CT molecular complexity index is 1260. The molecule has 2 heterocycles. The van der Waals surface area contributed by atoms with Gasteiger partial charge in [-0.2, -0.15) is 0 Å². The first-order valence-corrected chi connectivity index (χ1v) is 15.2. The minimum Gasteiger partial charge on any atom is -0.143 e. The van der Waals surface area contributed by atoms with Crippen LogP contribution < -0.4 is 0 Å². The quantitative estimate of drug-likeness (QED) is 0.157. The number of fused-ring (bicyclic) bond motifs is 2. The second kappa shape index (κ2) is 7.60. The van der Waals surface area contributed by atoms with Gasteiger partial charge >= 0.3 is 0 Å². The van der Waals surface area contributed by atoms with Crippen molar-refractivity contribution in [2.75, 3.05) is 0 Å². The van der Waals surface area contributed by atoms with Crippen molar-refractivity contribution in [1.29, 1.82) is 0 Å². The van der Waals surface area contributed by atoms with E-state index in [1.54, 1.807) is 0 Å². The summed E-state index contributed by atoms with van der Waals surface area (Å²) in [5.74, 6) is 0. The first-order chi connectivity index (χ1) is 16.1. The molecule has 0 aromatic heterocycles. The van der Waals surface area contributed by atoms with Gasteiger partial charge in [0.15, 0.2) is 0 Å². The van der Waals surface area contributed by atoms with E-state index in [1.165, 1.54) is 22.3 Å². The van der Waals surface area contributed by atoms with Crippen molar-refractivity contribution in [3.63, 3.8) is 0 Å². The fourth-order valence-electron chi connectivity index (χ4n) is 5.84. The van der Waals surface area contributed by atoms with Crippen LogP contribution in [0.5, 0.6) is 0 Å². The van der Waals surface area contributed by atoms with E-state index in [-0.39, 0.29) is 0 Å². The molecule has 0 nitrogen and oxygen atoms in total. The van der Waals surface area contributed by atoms with Crippen molar-refractivity contribution in [2.24, 2.45) is 0 Å². The molecule has 2 atom stereocenters. The molecular weight excluding hydrogens is 459 g/mol. The van der Waals surface area contributed by atoms with Gasteiger partial charge in [-0.15, -0.1) is 22.2 Å². The van der Waals surface area contributed by atoms with Crippen molar-refractivity contribution in [2.45, 2.75) is 10.1 Å². The Hall–Kier alpha value is -2.84. The summed E-state index contributed by atoms with van der Waals surface area (Å²) in [7, 11) is 0. The van der Waals surface area contributed by atoms with Gasteiger partial charge in [0.1, 0.15) is 0 Å². The monoisotopic (exact) mass is 480 g/mol. The van der Waals surface area contributed by atoms with E-state index in [4.69, 9.17) is 22.2 Å². The second-order valence-electron chi connectivity index (χ2n) is 8.74. The van der Waals surface area contributed by atoms with E-state index >= 15 is 0 Å². The normalized spacial score (nSPS) is 24.9. The molecule has 0 saturated carbocycles. The zero-order valence-electron chi connectivity index (χ0n) is 18.0. The molecule has 6 rings (SSSR count). The van der Waals surface area contributed by atoms with E-state index in [1.807, 2.05) is 12.1 Å². The van der Waals surface area contributed by atoms with E-state index in [9.17, 15) is 0 Å². The van der Waals surface area contributed by atoms with Crippen LogP contribution in [0.1, 0.15) is 22.3 Å². The second-order valence-corrected chi connectivity index (χ2v) is 15.4. The molecule has 160 valence electrons. The van der Waals surface area contributed by atoms with Gasteiger partial charge in [0, 0.05) is 0 Å². The van der Waals surface area contributed by atoms with E-state index < -0.39 is 16.8 Å². The third kappa shape index (κ3) is 2.65. The molecule has 4 aromatic carbocycles. The molecule has 0 saturated heterocycles. The summed E-state index contributed by atoms with van der Waals surface area (Å²) in [5, 5.41) is -1.14. The molecule has 2 bridgehead atoms. The maximum atomic E-state index is 7.80. The van der Waals surface area contributed by atoms with Crippen LogP contribution in [0.3, 0.4) is 0 Å². The molecule has 2 unspecified atom stereocenters. The molecule has 0 radical (unpaired) electrons. The summed E-state index contributed by atoms with van der Waals surface area (Å²) in [5.41, 5.74) is 7.09. The summed E-state index contributed by atoms with van der Waals surface area (Å²) in [6.07, 6.45) is 4.60. The molecule has 0 spiro atoms. The Morgan fingerprint density at radius 1 is 0.424 bits per heavy atom. The number of benzene rings is 4. The number of halogens is 2. The number of rotatable bonds is 4. The highest BCUT2D eigenvalue weighted by atomic mass is 35.7. The highest BCUT2D eigenvalue weighted by Gasteiger charge is 2.75. The molecule has 33 heavy (non-hydrogen) atoms. The predicted molar refractivity (Wildman–Crippen MR) is 143 cm³/mol. The van der Waals surface area contributed by atoms with E-state index in [0.29, 0.717) is 0 Å². The summed E-state index contributed by atoms with van der Waals surface area (Å²) in [6.45, 7) is -3.15. The van der Waals surface area contributed by atoms with Crippen molar-refractivity contribution in [3.05, 3.63) is 156 Å². The van der Waals surface area contributed by atoms with Crippen LogP contribution >= 0.6 is 22.2 Å². The lowest BCUT2D eigenvalue weighted by Crippen LogP contribution is -2.52. The van der Waals surface area contributed by atoms with Crippen LogP contribution in [-0.2, 0) is 10.1 Å². The van der Waals surface area contributed by atoms with Gasteiger partial charge < -0.3 is 0 Å². The third-order valence-electron chi connectivity index (χ3n) is 7.20. The first kappa shape index (κ1) is 20.7. The minimum atomic E-state index is -3.15. The zero-order valence-corrected chi connectivity index (χ0v) is 20.5. The van der Waals surface area contributed by atoms with Gasteiger partial charge in [0.05, 0.1) is 10.1 Å². The molecular formula is C30H22Cl2Si. The van der Waals surface area contributed by atoms with Crippen LogP contribution in [-0.4, -0.2) is 6.69 Å². The molecule has 3 heteroatoms. The average Bonchev–Trinajstić information content (AvgIpc) is 3.23. The van der Waals surface area contributed by atoms with Gasteiger partial charge in [-0.05, 0) is 33.4 Å². The Morgan fingerprint density at radius 2 is 0.727 bits per heavy atom. The molecule has 4 aromatic rings. The summed E-state index contributed by atoms with van der Waals surface area (Å²) >= 11 is 15.6. The van der Waals surface area contributed by atoms with Gasteiger partial charge in [-0.3, -0.25) is 0 Å². The Labute approximate surface area is 205 Å². The summed E-state index contributed by atoms with van der Waals surface area (Å²) in [6, 6.07) is 42.4. The van der Waals surface area contributed by atoms with Crippen LogP contribution in [0.2, 0.25) is 0 Å². The number of allylic oxidation sites excluding steroid dienone is 4. The maximum Gasteiger partial charge on any atom is 0.287 e. The largest absolute Gasteiger partial charge is 0.287 e. The molecule has 0 fully saturated rings. The smallest absolute Gasteiger partial charge is 0.143 e. The molecule has 0 amide bonds. The predicted octanol–water partition coefficient (Wildman–Crippen LogP) is 8.06. The first-order valence-electron chi connectivity index (χ1n) is 11.2. The van der Waals surface area contributed by atoms with Crippen molar-refractivity contribution in [3.8, 4) is 0 Å². The van der Waals surface area contributed by atoms with Gasteiger partial charge in [0.2, 0.25) is 0 Å².